The van der Waals surface area contributed by atoms with Crippen LogP contribution in [0.2, 0.25) is 0 Å². The summed E-state index contributed by atoms with van der Waals surface area (Å²) in [5.74, 6) is -1.21. The number of ether oxygens (including phenoxy) is 1. The molecule has 0 amide bonds. The van der Waals surface area contributed by atoms with Gasteiger partial charge in [0.05, 0.1) is 12.2 Å². The van der Waals surface area contributed by atoms with Crippen LogP contribution in [0.5, 0.6) is 0 Å². The molecule has 0 saturated heterocycles. The molecule has 6 heteroatoms. The van der Waals surface area contributed by atoms with E-state index in [1.54, 1.807) is 24.3 Å². The van der Waals surface area contributed by atoms with E-state index in [4.69, 9.17) is 4.74 Å². The van der Waals surface area contributed by atoms with Crippen LogP contribution in [0.1, 0.15) is 16.7 Å². The molecule has 0 spiro atoms. The topological polar surface area (TPSA) is 46.5 Å². The van der Waals surface area contributed by atoms with Crippen LogP contribution in [0, 0.1) is 0 Å². The zero-order chi connectivity index (χ0) is 16.9. The van der Waals surface area contributed by atoms with E-state index in [-0.39, 0.29) is 18.6 Å². The number of carbonyl (C=O) groups is 1. The molecule has 1 atom stereocenters. The number of rotatable bonds is 6. The molecular formula is C17H15F3O3. The molecule has 1 N–H and O–H groups in total. The van der Waals surface area contributed by atoms with E-state index in [0.29, 0.717) is 0 Å². The van der Waals surface area contributed by atoms with Gasteiger partial charge in [-0.25, -0.2) is 4.79 Å². The van der Waals surface area contributed by atoms with Gasteiger partial charge in [-0.05, 0) is 17.2 Å². The summed E-state index contributed by atoms with van der Waals surface area (Å²) in [6, 6.07) is 13.6. The van der Waals surface area contributed by atoms with Crippen LogP contribution in [0.4, 0.5) is 13.2 Å². The third-order valence-corrected chi connectivity index (χ3v) is 3.24. The SMILES string of the molecule is O=C(O)[C@H](Cc1cccc(C(F)(F)F)c1)OCc1ccccc1. The number of hydrogen-bond donors (Lipinski definition) is 1. The van der Waals surface area contributed by atoms with Gasteiger partial charge < -0.3 is 9.84 Å². The normalized spacial score (nSPS) is 12.8. The molecule has 0 aliphatic carbocycles. The lowest BCUT2D eigenvalue weighted by molar-refractivity contribution is -0.151. The summed E-state index contributed by atoms with van der Waals surface area (Å²) in [7, 11) is 0. The van der Waals surface area contributed by atoms with E-state index in [1.807, 2.05) is 6.07 Å². The van der Waals surface area contributed by atoms with E-state index in [2.05, 4.69) is 0 Å². The summed E-state index contributed by atoms with van der Waals surface area (Å²) in [5, 5.41) is 9.19. The van der Waals surface area contributed by atoms with Crippen LogP contribution in [-0.4, -0.2) is 17.2 Å². The van der Waals surface area contributed by atoms with E-state index in [0.717, 1.165) is 17.7 Å². The molecule has 0 aliphatic heterocycles. The van der Waals surface area contributed by atoms with E-state index in [1.165, 1.54) is 12.1 Å². The maximum atomic E-state index is 12.7. The van der Waals surface area contributed by atoms with Gasteiger partial charge in [0.2, 0.25) is 0 Å². The quantitative estimate of drug-likeness (QED) is 0.876. The molecule has 2 rings (SSSR count). The van der Waals surface area contributed by atoms with Crippen molar-refractivity contribution in [1.29, 1.82) is 0 Å². The number of alkyl halides is 3. The van der Waals surface area contributed by atoms with Crippen LogP contribution in [-0.2, 0) is 28.7 Å². The first-order valence-electron chi connectivity index (χ1n) is 6.91. The molecule has 0 unspecified atom stereocenters. The van der Waals surface area contributed by atoms with Gasteiger partial charge in [0.15, 0.2) is 6.10 Å². The van der Waals surface area contributed by atoms with Crippen LogP contribution < -0.4 is 0 Å². The zero-order valence-corrected chi connectivity index (χ0v) is 12.1. The first-order chi connectivity index (χ1) is 10.9. The molecule has 122 valence electrons. The lowest BCUT2D eigenvalue weighted by Gasteiger charge is -2.15. The maximum absolute atomic E-state index is 12.7. The molecule has 0 bridgehead atoms. The van der Waals surface area contributed by atoms with Gasteiger partial charge in [-0.3, -0.25) is 0 Å². The van der Waals surface area contributed by atoms with Crippen molar-refractivity contribution in [2.45, 2.75) is 25.3 Å². The zero-order valence-electron chi connectivity index (χ0n) is 12.1. The van der Waals surface area contributed by atoms with Gasteiger partial charge in [0.1, 0.15) is 0 Å². The Kier molecular flexibility index (Phi) is 5.39. The summed E-state index contributed by atoms with van der Waals surface area (Å²) >= 11 is 0. The monoisotopic (exact) mass is 324 g/mol. The molecular weight excluding hydrogens is 309 g/mol. The average Bonchev–Trinajstić information content (AvgIpc) is 2.51. The highest BCUT2D eigenvalue weighted by Crippen LogP contribution is 2.29. The average molecular weight is 324 g/mol. The summed E-state index contributed by atoms with van der Waals surface area (Å²) in [6.07, 6.45) is -5.80. The molecule has 3 nitrogen and oxygen atoms in total. The number of benzene rings is 2. The Balaban J connectivity index is 2.06. The minimum atomic E-state index is -4.46. The van der Waals surface area contributed by atoms with Crippen molar-refractivity contribution in [1.82, 2.24) is 0 Å². The molecule has 0 saturated carbocycles. The van der Waals surface area contributed by atoms with Crippen LogP contribution in [0.3, 0.4) is 0 Å². The van der Waals surface area contributed by atoms with Crippen LogP contribution in [0.15, 0.2) is 54.6 Å². The van der Waals surface area contributed by atoms with Gasteiger partial charge in [-0.1, -0.05) is 48.5 Å². The van der Waals surface area contributed by atoms with E-state index >= 15 is 0 Å². The summed E-state index contributed by atoms with van der Waals surface area (Å²) < 4.78 is 43.4. The first kappa shape index (κ1) is 17.0. The lowest BCUT2D eigenvalue weighted by Crippen LogP contribution is -2.26. The minimum Gasteiger partial charge on any atom is -0.479 e. The minimum absolute atomic E-state index is 0.0801. The predicted octanol–water partition coefficient (Wildman–Crippen LogP) is 3.92. The maximum Gasteiger partial charge on any atom is 0.416 e. The third-order valence-electron chi connectivity index (χ3n) is 3.24. The second-order valence-electron chi connectivity index (χ2n) is 5.03. The molecule has 0 heterocycles. The lowest BCUT2D eigenvalue weighted by atomic mass is 10.0. The Hall–Kier alpha value is -2.34. The molecule has 0 aliphatic rings. The number of aliphatic carboxylic acids is 1. The fourth-order valence-electron chi connectivity index (χ4n) is 2.08. The second kappa shape index (κ2) is 7.28. The molecule has 0 aromatic heterocycles. The van der Waals surface area contributed by atoms with Crippen molar-refractivity contribution < 1.29 is 27.8 Å². The highest BCUT2D eigenvalue weighted by molar-refractivity contribution is 5.72. The van der Waals surface area contributed by atoms with Gasteiger partial charge in [-0.2, -0.15) is 13.2 Å². The Morgan fingerprint density at radius 2 is 1.70 bits per heavy atom. The summed E-state index contributed by atoms with van der Waals surface area (Å²) in [6.45, 7) is 0.0801. The number of carboxylic acids is 1. The number of carboxylic acid groups (broad SMARTS) is 1. The van der Waals surface area contributed by atoms with Crippen LogP contribution >= 0.6 is 0 Å². The third kappa shape index (κ3) is 5.10. The number of halogens is 3. The van der Waals surface area contributed by atoms with Crippen molar-refractivity contribution in [3.8, 4) is 0 Å². The Bertz CT molecular complexity index is 654. The standard InChI is InChI=1S/C17H15F3O3/c18-17(19,20)14-8-4-7-13(9-14)10-15(16(21)22)23-11-12-5-2-1-3-6-12/h1-9,15H,10-11H2,(H,21,22)/t15-/m0/s1. The molecule has 0 radical (unpaired) electrons. The summed E-state index contributed by atoms with van der Waals surface area (Å²) in [4.78, 5) is 11.3. The van der Waals surface area contributed by atoms with Crippen molar-refractivity contribution in [3.63, 3.8) is 0 Å². The Morgan fingerprint density at radius 3 is 2.30 bits per heavy atom. The first-order valence-corrected chi connectivity index (χ1v) is 6.91. The van der Waals surface area contributed by atoms with Crippen molar-refractivity contribution in [2.24, 2.45) is 0 Å². The van der Waals surface area contributed by atoms with Gasteiger partial charge in [-0.15, -0.1) is 0 Å². The van der Waals surface area contributed by atoms with E-state index < -0.39 is 23.8 Å². The summed E-state index contributed by atoms with van der Waals surface area (Å²) in [5.41, 5.74) is 0.255. The van der Waals surface area contributed by atoms with Crippen molar-refractivity contribution in [2.75, 3.05) is 0 Å². The van der Waals surface area contributed by atoms with Crippen molar-refractivity contribution in [3.05, 3.63) is 71.3 Å². The van der Waals surface area contributed by atoms with E-state index in [9.17, 15) is 23.1 Å². The largest absolute Gasteiger partial charge is 0.479 e. The fourth-order valence-corrected chi connectivity index (χ4v) is 2.08. The smallest absolute Gasteiger partial charge is 0.416 e. The highest BCUT2D eigenvalue weighted by Gasteiger charge is 2.30. The number of hydrogen-bond acceptors (Lipinski definition) is 2. The Morgan fingerprint density at radius 1 is 1.04 bits per heavy atom. The highest BCUT2D eigenvalue weighted by atomic mass is 19.4. The fraction of sp³-hybridized carbons (Fsp3) is 0.235. The van der Waals surface area contributed by atoms with Gasteiger partial charge in [0.25, 0.3) is 0 Å². The van der Waals surface area contributed by atoms with Gasteiger partial charge >= 0.3 is 12.1 Å². The second-order valence-corrected chi connectivity index (χ2v) is 5.03. The molecule has 23 heavy (non-hydrogen) atoms. The van der Waals surface area contributed by atoms with Crippen LogP contribution in [0.25, 0.3) is 0 Å². The Labute approximate surface area is 131 Å². The molecule has 2 aromatic carbocycles. The molecule has 0 fully saturated rings. The van der Waals surface area contributed by atoms with Gasteiger partial charge in [0, 0.05) is 6.42 Å². The predicted molar refractivity (Wildman–Crippen MR) is 77.8 cm³/mol. The molecule has 2 aromatic rings. The van der Waals surface area contributed by atoms with Crippen molar-refractivity contribution >= 4 is 5.97 Å².